The second-order valence-electron chi connectivity index (χ2n) is 5.04. The molecule has 0 spiro atoms. The quantitative estimate of drug-likeness (QED) is 0.713. The standard InChI is InChI=1S/C11H22N2/c1-8-5-10(6-8)13(2)11(7-12)9-3-4-9/h8-11H,3-7,12H2,1-2H3. The van der Waals surface area contributed by atoms with Crippen LogP contribution in [0.5, 0.6) is 0 Å². The molecule has 0 aromatic carbocycles. The van der Waals surface area contributed by atoms with E-state index < -0.39 is 0 Å². The van der Waals surface area contributed by atoms with E-state index in [0.29, 0.717) is 6.04 Å². The molecule has 13 heavy (non-hydrogen) atoms. The van der Waals surface area contributed by atoms with E-state index in [0.717, 1.165) is 24.4 Å². The number of rotatable bonds is 4. The molecule has 2 saturated carbocycles. The van der Waals surface area contributed by atoms with E-state index in [-0.39, 0.29) is 0 Å². The summed E-state index contributed by atoms with van der Waals surface area (Å²) in [6.45, 7) is 3.20. The van der Waals surface area contributed by atoms with Gasteiger partial charge < -0.3 is 5.73 Å². The molecule has 2 N–H and O–H groups in total. The Morgan fingerprint density at radius 2 is 2.00 bits per heavy atom. The third kappa shape index (κ3) is 1.89. The van der Waals surface area contributed by atoms with E-state index in [1.807, 2.05) is 0 Å². The summed E-state index contributed by atoms with van der Waals surface area (Å²) < 4.78 is 0. The average Bonchev–Trinajstić information content (AvgIpc) is 2.83. The lowest BCUT2D eigenvalue weighted by molar-refractivity contribution is 0.0668. The highest BCUT2D eigenvalue weighted by Gasteiger charge is 2.38. The minimum atomic E-state index is 0.678. The summed E-state index contributed by atoms with van der Waals surface area (Å²) in [5.74, 6) is 1.87. The Kier molecular flexibility index (Phi) is 2.61. The van der Waals surface area contributed by atoms with Crippen molar-refractivity contribution in [2.45, 2.75) is 44.7 Å². The zero-order valence-corrected chi connectivity index (χ0v) is 8.87. The highest BCUT2D eigenvalue weighted by molar-refractivity contribution is 4.93. The van der Waals surface area contributed by atoms with Gasteiger partial charge in [0.2, 0.25) is 0 Å². The molecule has 2 aliphatic carbocycles. The number of nitrogens with zero attached hydrogens (tertiary/aromatic N) is 1. The topological polar surface area (TPSA) is 29.3 Å². The van der Waals surface area contributed by atoms with Gasteiger partial charge in [-0.3, -0.25) is 4.90 Å². The Morgan fingerprint density at radius 1 is 1.38 bits per heavy atom. The molecule has 2 nitrogen and oxygen atoms in total. The van der Waals surface area contributed by atoms with Crippen LogP contribution in [-0.2, 0) is 0 Å². The van der Waals surface area contributed by atoms with Gasteiger partial charge >= 0.3 is 0 Å². The van der Waals surface area contributed by atoms with E-state index in [9.17, 15) is 0 Å². The smallest absolute Gasteiger partial charge is 0.0246 e. The predicted molar refractivity (Wildman–Crippen MR) is 55.5 cm³/mol. The fraction of sp³-hybridized carbons (Fsp3) is 1.00. The lowest BCUT2D eigenvalue weighted by Crippen LogP contribution is -2.50. The number of likely N-dealkylation sites (N-methyl/N-ethyl adjacent to an activating group) is 1. The van der Waals surface area contributed by atoms with Gasteiger partial charge in [-0.25, -0.2) is 0 Å². The third-order valence-corrected chi connectivity index (χ3v) is 3.86. The molecule has 0 amide bonds. The van der Waals surface area contributed by atoms with Gasteiger partial charge in [0.15, 0.2) is 0 Å². The van der Waals surface area contributed by atoms with Crippen molar-refractivity contribution in [2.24, 2.45) is 17.6 Å². The molecule has 2 aliphatic rings. The van der Waals surface area contributed by atoms with Crippen molar-refractivity contribution in [3.63, 3.8) is 0 Å². The fourth-order valence-electron chi connectivity index (χ4n) is 2.64. The molecule has 1 unspecified atom stereocenters. The largest absolute Gasteiger partial charge is 0.329 e. The maximum Gasteiger partial charge on any atom is 0.0246 e. The molecule has 0 aliphatic heterocycles. The molecule has 76 valence electrons. The van der Waals surface area contributed by atoms with Gasteiger partial charge in [0.25, 0.3) is 0 Å². The Morgan fingerprint density at radius 3 is 2.38 bits per heavy atom. The maximum atomic E-state index is 5.82. The van der Waals surface area contributed by atoms with Crippen LogP contribution in [0, 0.1) is 11.8 Å². The minimum absolute atomic E-state index is 0.678. The SMILES string of the molecule is CC1CC(N(C)C(CN)C2CC2)C1. The van der Waals surface area contributed by atoms with Gasteiger partial charge in [-0.1, -0.05) is 6.92 Å². The molecule has 2 heteroatoms. The van der Waals surface area contributed by atoms with Crippen molar-refractivity contribution in [2.75, 3.05) is 13.6 Å². The lowest BCUT2D eigenvalue weighted by atomic mass is 9.80. The van der Waals surface area contributed by atoms with Crippen LogP contribution < -0.4 is 5.73 Å². The van der Waals surface area contributed by atoms with Crippen molar-refractivity contribution in [1.82, 2.24) is 4.90 Å². The third-order valence-electron chi connectivity index (χ3n) is 3.86. The number of hydrogen-bond acceptors (Lipinski definition) is 2. The Balaban J connectivity index is 1.83. The van der Waals surface area contributed by atoms with Gasteiger partial charge in [-0.15, -0.1) is 0 Å². The second-order valence-corrected chi connectivity index (χ2v) is 5.04. The molecule has 0 aromatic rings. The van der Waals surface area contributed by atoms with Crippen LogP contribution in [0.3, 0.4) is 0 Å². The normalized spacial score (nSPS) is 36.0. The van der Waals surface area contributed by atoms with Crippen LogP contribution in [0.1, 0.15) is 32.6 Å². The molecule has 0 bridgehead atoms. The number of hydrogen-bond donors (Lipinski definition) is 1. The van der Waals surface area contributed by atoms with Crippen molar-refractivity contribution >= 4 is 0 Å². The van der Waals surface area contributed by atoms with E-state index >= 15 is 0 Å². The van der Waals surface area contributed by atoms with E-state index in [1.54, 1.807) is 0 Å². The average molecular weight is 182 g/mol. The molecule has 0 aromatic heterocycles. The first-order valence-corrected chi connectivity index (χ1v) is 5.64. The first kappa shape index (κ1) is 9.47. The molecular weight excluding hydrogens is 160 g/mol. The van der Waals surface area contributed by atoms with Crippen molar-refractivity contribution in [3.05, 3.63) is 0 Å². The monoisotopic (exact) mass is 182 g/mol. The van der Waals surface area contributed by atoms with E-state index in [2.05, 4.69) is 18.9 Å². The maximum absolute atomic E-state index is 5.82. The summed E-state index contributed by atoms with van der Waals surface area (Å²) in [7, 11) is 2.27. The lowest BCUT2D eigenvalue weighted by Gasteiger charge is -2.43. The highest BCUT2D eigenvalue weighted by Crippen LogP contribution is 2.39. The van der Waals surface area contributed by atoms with Crippen LogP contribution in [-0.4, -0.2) is 30.6 Å². The zero-order valence-electron chi connectivity index (χ0n) is 8.87. The van der Waals surface area contributed by atoms with Crippen LogP contribution in [0.25, 0.3) is 0 Å². The summed E-state index contributed by atoms with van der Waals surface area (Å²) in [6.07, 6.45) is 5.60. The summed E-state index contributed by atoms with van der Waals surface area (Å²) in [5, 5.41) is 0. The fourth-order valence-corrected chi connectivity index (χ4v) is 2.64. The Labute approximate surface area is 81.5 Å². The highest BCUT2D eigenvalue weighted by atomic mass is 15.2. The first-order valence-electron chi connectivity index (χ1n) is 5.64. The molecule has 2 rings (SSSR count). The van der Waals surface area contributed by atoms with Gasteiger partial charge in [0.1, 0.15) is 0 Å². The van der Waals surface area contributed by atoms with E-state index in [4.69, 9.17) is 5.73 Å². The molecule has 2 fully saturated rings. The molecular formula is C11H22N2. The van der Waals surface area contributed by atoms with E-state index in [1.165, 1.54) is 25.7 Å². The van der Waals surface area contributed by atoms with Crippen LogP contribution >= 0.6 is 0 Å². The van der Waals surface area contributed by atoms with Crippen LogP contribution in [0.15, 0.2) is 0 Å². The summed E-state index contributed by atoms with van der Waals surface area (Å²) in [5.41, 5.74) is 5.82. The van der Waals surface area contributed by atoms with Gasteiger partial charge in [-0.2, -0.15) is 0 Å². The van der Waals surface area contributed by atoms with Crippen LogP contribution in [0.4, 0.5) is 0 Å². The van der Waals surface area contributed by atoms with Gasteiger partial charge in [-0.05, 0) is 44.6 Å². The summed E-state index contributed by atoms with van der Waals surface area (Å²) in [4.78, 5) is 2.55. The van der Waals surface area contributed by atoms with Crippen molar-refractivity contribution in [3.8, 4) is 0 Å². The number of nitrogens with two attached hydrogens (primary N) is 1. The Hall–Kier alpha value is -0.0800. The van der Waals surface area contributed by atoms with Crippen molar-refractivity contribution < 1.29 is 0 Å². The molecule has 0 saturated heterocycles. The molecule has 1 atom stereocenters. The van der Waals surface area contributed by atoms with Gasteiger partial charge in [0.05, 0.1) is 0 Å². The predicted octanol–water partition coefficient (Wildman–Crippen LogP) is 1.45. The zero-order chi connectivity index (χ0) is 9.42. The Bertz CT molecular complexity index is 171. The van der Waals surface area contributed by atoms with Gasteiger partial charge in [0, 0.05) is 18.6 Å². The second kappa shape index (κ2) is 3.58. The summed E-state index contributed by atoms with van der Waals surface area (Å²) in [6, 6.07) is 1.52. The first-order chi connectivity index (χ1) is 6.22. The molecule has 0 heterocycles. The minimum Gasteiger partial charge on any atom is -0.329 e. The molecule has 0 radical (unpaired) electrons. The summed E-state index contributed by atoms with van der Waals surface area (Å²) >= 11 is 0. The van der Waals surface area contributed by atoms with Crippen LogP contribution in [0.2, 0.25) is 0 Å². The van der Waals surface area contributed by atoms with Crippen molar-refractivity contribution in [1.29, 1.82) is 0 Å².